The molecule has 0 spiro atoms. The number of carbonyl (C=O) groups is 1. The quantitative estimate of drug-likeness (QED) is 0.205. The molecule has 11 heteroatoms. The van der Waals surface area contributed by atoms with Crippen LogP contribution in [0.4, 0.5) is 4.39 Å². The molecule has 1 N–H and O–H groups in total. The first kappa shape index (κ1) is 31.7. The van der Waals surface area contributed by atoms with E-state index in [0.717, 1.165) is 54.5 Å². The summed E-state index contributed by atoms with van der Waals surface area (Å²) in [6, 6.07) is 12.0. The number of carbonyl (C=O) groups excluding carboxylic acids is 1. The third-order valence-electron chi connectivity index (χ3n) is 11.5. The Morgan fingerprint density at radius 3 is 2.76 bits per heavy atom. The van der Waals surface area contributed by atoms with Crippen LogP contribution in [-0.4, -0.2) is 64.9 Å². The molecule has 0 radical (unpaired) electrons. The van der Waals surface area contributed by atoms with Gasteiger partial charge in [0.1, 0.15) is 5.52 Å². The van der Waals surface area contributed by atoms with Gasteiger partial charge in [-0.05, 0) is 68.7 Å². The summed E-state index contributed by atoms with van der Waals surface area (Å²) in [6.07, 6.45) is 5.05. The van der Waals surface area contributed by atoms with Gasteiger partial charge in [-0.3, -0.25) is 4.79 Å². The van der Waals surface area contributed by atoms with Crippen molar-refractivity contribution in [2.45, 2.75) is 82.2 Å². The molecule has 1 amide bonds. The number of ether oxygens (including phenoxy) is 2. The van der Waals surface area contributed by atoms with Crippen molar-refractivity contribution in [3.63, 3.8) is 0 Å². The second-order valence-corrected chi connectivity index (χ2v) is 15.3. The molecule has 2 aromatic heterocycles. The van der Waals surface area contributed by atoms with E-state index in [4.69, 9.17) is 37.7 Å². The standard InChI is InChI=1S/C38H38Cl2FN5O3/c1-19-26-15-31(30-14-24(49-23-9-11-48-18-23)17-45(30)38(47)20-7-8-20)46(36-22-13-29(36)43-16-22)37(26)27-12-21(4-3-10-42)32(34(41)35(27)44-19)25-5-2-6-28(39)33(25)40/h2,5-6,12,15,20,22-24,29-30,36,43H,3-4,7-9,11,13-14,16-18H2,1H3. The third kappa shape index (κ3) is 5.17. The van der Waals surface area contributed by atoms with E-state index in [1.54, 1.807) is 18.2 Å². The van der Waals surface area contributed by atoms with Gasteiger partial charge in [0.2, 0.25) is 5.91 Å². The van der Waals surface area contributed by atoms with E-state index in [0.29, 0.717) is 71.7 Å². The van der Waals surface area contributed by atoms with E-state index in [2.05, 4.69) is 26.9 Å². The molecule has 49 heavy (non-hydrogen) atoms. The lowest BCUT2D eigenvalue weighted by Gasteiger charge is -2.39. The number of nitrogens with zero attached hydrogens (tertiary/aromatic N) is 4. The molecule has 10 rings (SSSR count). The number of pyridine rings is 1. The van der Waals surface area contributed by atoms with Crippen molar-refractivity contribution in [3.8, 4) is 17.2 Å². The molecule has 254 valence electrons. The number of fused-ring (bicyclic) bond motifs is 4. The van der Waals surface area contributed by atoms with Crippen molar-refractivity contribution in [1.29, 1.82) is 5.26 Å². The summed E-state index contributed by atoms with van der Waals surface area (Å²) in [7, 11) is 0. The second kappa shape index (κ2) is 12.2. The Bertz CT molecular complexity index is 2040. The zero-order chi connectivity index (χ0) is 33.6. The number of halogens is 3. The SMILES string of the molecule is Cc1nc2c(F)c(-c3cccc(Cl)c3Cl)c(CCC#N)cc2c2c1cc(C1CC(OC3CCOC3)CN1C(=O)C1CC1)n2C1C2CNC1C2. The molecule has 6 aliphatic rings. The minimum atomic E-state index is -0.470. The minimum Gasteiger partial charge on any atom is -0.379 e. The van der Waals surface area contributed by atoms with Crippen LogP contribution in [0.2, 0.25) is 10.0 Å². The topological polar surface area (TPSA) is 92.4 Å². The molecular formula is C38H38Cl2FN5O3. The molecule has 6 heterocycles. The molecule has 4 aliphatic heterocycles. The van der Waals surface area contributed by atoms with E-state index >= 15 is 4.39 Å². The fraction of sp³-hybridized carbons (Fsp3) is 0.500. The van der Waals surface area contributed by atoms with Crippen LogP contribution in [0.15, 0.2) is 30.3 Å². The molecule has 6 atom stereocenters. The van der Waals surface area contributed by atoms with Gasteiger partial charge in [0.25, 0.3) is 0 Å². The minimum absolute atomic E-state index is 0.0477. The Balaban J connectivity index is 1.26. The predicted octanol–water partition coefficient (Wildman–Crippen LogP) is 7.46. The van der Waals surface area contributed by atoms with Crippen LogP contribution >= 0.6 is 23.2 Å². The average molecular weight is 703 g/mol. The van der Waals surface area contributed by atoms with Crippen molar-refractivity contribution >= 4 is 50.9 Å². The first-order valence-corrected chi connectivity index (χ1v) is 18.3. The Morgan fingerprint density at radius 1 is 1.18 bits per heavy atom. The maximum Gasteiger partial charge on any atom is 0.226 e. The van der Waals surface area contributed by atoms with Crippen LogP contribution in [0.25, 0.3) is 32.9 Å². The van der Waals surface area contributed by atoms with Gasteiger partial charge in [0.05, 0.1) is 52.5 Å². The van der Waals surface area contributed by atoms with Crippen molar-refractivity contribution in [2.24, 2.45) is 11.8 Å². The highest BCUT2D eigenvalue weighted by Gasteiger charge is 2.51. The highest BCUT2D eigenvalue weighted by atomic mass is 35.5. The molecule has 6 fully saturated rings. The van der Waals surface area contributed by atoms with Gasteiger partial charge < -0.3 is 24.3 Å². The van der Waals surface area contributed by atoms with E-state index in [9.17, 15) is 10.1 Å². The van der Waals surface area contributed by atoms with Gasteiger partial charge in [0, 0.05) is 77.8 Å². The molecule has 2 aliphatic carbocycles. The number of nitrogens with one attached hydrogen (secondary N) is 1. The fourth-order valence-corrected chi connectivity index (χ4v) is 9.37. The van der Waals surface area contributed by atoms with Gasteiger partial charge in [-0.25, -0.2) is 9.37 Å². The lowest BCUT2D eigenvalue weighted by Crippen LogP contribution is -2.41. The number of nitriles is 1. The molecular weight excluding hydrogens is 664 g/mol. The third-order valence-corrected chi connectivity index (χ3v) is 12.3. The Labute approximate surface area is 294 Å². The van der Waals surface area contributed by atoms with E-state index in [1.807, 2.05) is 13.0 Å². The molecule has 4 saturated heterocycles. The summed E-state index contributed by atoms with van der Waals surface area (Å²) in [5, 5.41) is 15.5. The lowest BCUT2D eigenvalue weighted by molar-refractivity contribution is -0.134. The van der Waals surface area contributed by atoms with Crippen LogP contribution in [-0.2, 0) is 20.7 Å². The van der Waals surface area contributed by atoms with Crippen LogP contribution in [0.3, 0.4) is 0 Å². The van der Waals surface area contributed by atoms with Crippen molar-refractivity contribution in [2.75, 3.05) is 26.3 Å². The monoisotopic (exact) mass is 701 g/mol. The number of aryl methyl sites for hydroxylation is 2. The second-order valence-electron chi connectivity index (χ2n) is 14.5. The number of aromatic nitrogens is 2. The maximum absolute atomic E-state index is 17.1. The number of likely N-dealkylation sites (tertiary alicyclic amines) is 1. The van der Waals surface area contributed by atoms with Gasteiger partial charge in [-0.1, -0.05) is 35.3 Å². The van der Waals surface area contributed by atoms with Crippen molar-refractivity contribution in [1.82, 2.24) is 19.8 Å². The Kier molecular flexibility index (Phi) is 7.90. The van der Waals surface area contributed by atoms with Crippen LogP contribution < -0.4 is 5.32 Å². The maximum atomic E-state index is 17.1. The first-order chi connectivity index (χ1) is 23.8. The summed E-state index contributed by atoms with van der Waals surface area (Å²) in [4.78, 5) is 20.9. The summed E-state index contributed by atoms with van der Waals surface area (Å²) in [5.74, 6) is 0.250. The van der Waals surface area contributed by atoms with Gasteiger partial charge in [-0.2, -0.15) is 5.26 Å². The number of hydrogen-bond donors (Lipinski definition) is 1. The molecule has 2 saturated carbocycles. The van der Waals surface area contributed by atoms with Crippen LogP contribution in [0.5, 0.6) is 0 Å². The van der Waals surface area contributed by atoms with Crippen LogP contribution in [0.1, 0.15) is 67.6 Å². The molecule has 2 aromatic carbocycles. The lowest BCUT2D eigenvalue weighted by atomic mass is 9.79. The molecule has 6 unspecified atom stereocenters. The summed E-state index contributed by atoms with van der Waals surface area (Å²) < 4.78 is 31.7. The highest BCUT2D eigenvalue weighted by molar-refractivity contribution is 6.43. The first-order valence-electron chi connectivity index (χ1n) is 17.6. The average Bonchev–Trinajstić information content (AvgIpc) is 3.59. The van der Waals surface area contributed by atoms with Crippen molar-refractivity contribution < 1.29 is 18.7 Å². The number of amides is 1. The Morgan fingerprint density at radius 2 is 2.04 bits per heavy atom. The predicted molar refractivity (Wildman–Crippen MR) is 186 cm³/mol. The van der Waals surface area contributed by atoms with Gasteiger partial charge >= 0.3 is 0 Å². The van der Waals surface area contributed by atoms with E-state index in [1.165, 1.54) is 0 Å². The molecule has 2 bridgehead atoms. The summed E-state index contributed by atoms with van der Waals surface area (Å²) in [6.45, 7) is 4.72. The smallest absolute Gasteiger partial charge is 0.226 e. The normalized spacial score (nSPS) is 27.7. The van der Waals surface area contributed by atoms with Gasteiger partial charge in [0.15, 0.2) is 5.82 Å². The summed E-state index contributed by atoms with van der Waals surface area (Å²) >= 11 is 13.1. The summed E-state index contributed by atoms with van der Waals surface area (Å²) in [5.41, 5.74) is 4.50. The van der Waals surface area contributed by atoms with Gasteiger partial charge in [-0.15, -0.1) is 0 Å². The largest absolute Gasteiger partial charge is 0.379 e. The van der Waals surface area contributed by atoms with Crippen molar-refractivity contribution in [3.05, 3.63) is 63.1 Å². The van der Waals surface area contributed by atoms with E-state index in [-0.39, 0.29) is 53.1 Å². The number of benzene rings is 2. The van der Waals surface area contributed by atoms with E-state index < -0.39 is 5.82 Å². The zero-order valence-electron chi connectivity index (χ0n) is 27.4. The fourth-order valence-electron chi connectivity index (χ4n) is 8.98. The number of hydrogen-bond acceptors (Lipinski definition) is 6. The molecule has 4 aromatic rings. The molecule has 8 nitrogen and oxygen atoms in total. The highest BCUT2D eigenvalue weighted by Crippen LogP contribution is 2.51. The Hall–Kier alpha value is -3.26. The zero-order valence-corrected chi connectivity index (χ0v) is 28.9. The number of rotatable bonds is 8. The van der Waals surface area contributed by atoms with Crippen LogP contribution in [0, 0.1) is 35.9 Å².